The molecule has 0 aromatic heterocycles. The molecule has 0 bridgehead atoms. The Labute approximate surface area is 251 Å². The van der Waals surface area contributed by atoms with Crippen LogP contribution in [0.4, 0.5) is 0 Å². The number of ketones is 1. The van der Waals surface area contributed by atoms with Crippen molar-refractivity contribution >= 4 is 5.78 Å². The molecule has 0 aromatic carbocycles. The molecule has 0 radical (unpaired) electrons. The Morgan fingerprint density at radius 3 is 1.88 bits per heavy atom. The molecule has 0 rings (SSSR count). The van der Waals surface area contributed by atoms with Gasteiger partial charge in [0.2, 0.25) is 0 Å². The standard InChI is InChI=1S/C36H73NO3/c1-6-10-13-15-16-19-25-34(24-18-14-11-7-2)32-40-30-23-21-26-35(38)31-37(28-12-8-3)29-22-17-20-27-36(39)33(5)9-4/h33-35,38H,6-32H2,1-5H3. The minimum absolute atomic E-state index is 0.212. The first kappa shape index (κ1) is 39.5. The molecule has 0 aliphatic rings. The number of aliphatic hydroxyl groups is 1. The number of hydrogen-bond acceptors (Lipinski definition) is 4. The van der Waals surface area contributed by atoms with Gasteiger partial charge < -0.3 is 14.7 Å². The lowest BCUT2D eigenvalue weighted by Crippen LogP contribution is -2.34. The molecule has 0 spiro atoms. The molecule has 1 N–H and O–H groups in total. The molecule has 4 heteroatoms. The molecule has 40 heavy (non-hydrogen) atoms. The highest BCUT2D eigenvalue weighted by molar-refractivity contribution is 5.80. The van der Waals surface area contributed by atoms with E-state index in [1.165, 1.54) is 89.9 Å². The van der Waals surface area contributed by atoms with Gasteiger partial charge in [-0.05, 0) is 76.8 Å². The van der Waals surface area contributed by atoms with Crippen molar-refractivity contribution in [1.82, 2.24) is 4.90 Å². The van der Waals surface area contributed by atoms with Gasteiger partial charge in [-0.2, -0.15) is 0 Å². The summed E-state index contributed by atoms with van der Waals surface area (Å²) >= 11 is 0. The third-order valence-electron chi connectivity index (χ3n) is 8.72. The minimum Gasteiger partial charge on any atom is -0.392 e. The summed E-state index contributed by atoms with van der Waals surface area (Å²) < 4.78 is 6.16. The second kappa shape index (κ2) is 30.0. The lowest BCUT2D eigenvalue weighted by atomic mass is 9.95. The van der Waals surface area contributed by atoms with Crippen LogP contribution in [-0.4, -0.2) is 54.7 Å². The van der Waals surface area contributed by atoms with Gasteiger partial charge in [0.15, 0.2) is 0 Å². The molecular formula is C36H73NO3. The van der Waals surface area contributed by atoms with Gasteiger partial charge in [-0.15, -0.1) is 0 Å². The molecule has 0 aromatic rings. The molecule has 0 amide bonds. The summed E-state index contributed by atoms with van der Waals surface area (Å²) in [6, 6.07) is 0. The average molecular weight is 568 g/mol. The second-order valence-electron chi connectivity index (χ2n) is 12.7. The van der Waals surface area contributed by atoms with E-state index < -0.39 is 0 Å². The summed E-state index contributed by atoms with van der Waals surface area (Å²) in [6.07, 6.45) is 26.3. The zero-order chi connectivity index (χ0) is 29.7. The fourth-order valence-corrected chi connectivity index (χ4v) is 5.57. The normalized spacial score (nSPS) is 14.1. The van der Waals surface area contributed by atoms with Gasteiger partial charge in [-0.1, -0.05) is 112 Å². The van der Waals surface area contributed by atoms with Gasteiger partial charge in [0, 0.05) is 32.1 Å². The quantitative estimate of drug-likeness (QED) is 0.0822. The number of carbonyl (C=O) groups excluding carboxylic acids is 1. The van der Waals surface area contributed by atoms with Crippen LogP contribution in [-0.2, 0) is 9.53 Å². The van der Waals surface area contributed by atoms with Crippen LogP contribution < -0.4 is 0 Å². The molecular weight excluding hydrogens is 494 g/mol. The molecule has 0 saturated carbocycles. The lowest BCUT2D eigenvalue weighted by Gasteiger charge is -2.25. The molecule has 240 valence electrons. The number of ether oxygens (including phenoxy) is 1. The highest BCUT2D eigenvalue weighted by Crippen LogP contribution is 2.20. The van der Waals surface area contributed by atoms with E-state index in [4.69, 9.17) is 4.74 Å². The first-order valence-electron chi connectivity index (χ1n) is 18.0. The van der Waals surface area contributed by atoms with Gasteiger partial charge in [-0.25, -0.2) is 0 Å². The topological polar surface area (TPSA) is 49.8 Å². The molecule has 0 heterocycles. The van der Waals surface area contributed by atoms with E-state index in [9.17, 15) is 9.90 Å². The van der Waals surface area contributed by atoms with Gasteiger partial charge in [0.25, 0.3) is 0 Å². The van der Waals surface area contributed by atoms with Crippen molar-refractivity contribution in [3.05, 3.63) is 0 Å². The number of hydrogen-bond donors (Lipinski definition) is 1. The summed E-state index contributed by atoms with van der Waals surface area (Å²) in [4.78, 5) is 14.5. The SMILES string of the molecule is CCCCCCCCC(CCCCCC)COCCCCC(O)CN(CCCC)CCCCCC(=O)C(C)CC. The van der Waals surface area contributed by atoms with E-state index in [1.54, 1.807) is 0 Å². The Kier molecular flexibility index (Phi) is 29.7. The number of nitrogens with zero attached hydrogens (tertiary/aromatic N) is 1. The highest BCUT2D eigenvalue weighted by Gasteiger charge is 2.13. The smallest absolute Gasteiger partial charge is 0.135 e. The van der Waals surface area contributed by atoms with Crippen LogP contribution >= 0.6 is 0 Å². The van der Waals surface area contributed by atoms with Crippen molar-refractivity contribution in [2.24, 2.45) is 11.8 Å². The Hall–Kier alpha value is -0.450. The molecule has 3 atom stereocenters. The van der Waals surface area contributed by atoms with E-state index >= 15 is 0 Å². The Bertz CT molecular complexity index is 526. The van der Waals surface area contributed by atoms with Gasteiger partial charge in [0.1, 0.15) is 5.78 Å². The van der Waals surface area contributed by atoms with Gasteiger partial charge >= 0.3 is 0 Å². The summed E-state index contributed by atoms with van der Waals surface area (Å²) in [5, 5.41) is 10.7. The van der Waals surface area contributed by atoms with Crippen molar-refractivity contribution in [2.75, 3.05) is 32.8 Å². The largest absolute Gasteiger partial charge is 0.392 e. The fourth-order valence-electron chi connectivity index (χ4n) is 5.57. The maximum absolute atomic E-state index is 12.1. The van der Waals surface area contributed by atoms with E-state index in [0.29, 0.717) is 5.78 Å². The fraction of sp³-hybridized carbons (Fsp3) is 0.972. The average Bonchev–Trinajstić information content (AvgIpc) is 2.96. The summed E-state index contributed by atoms with van der Waals surface area (Å²) in [7, 11) is 0. The molecule has 0 aliphatic heterocycles. The van der Waals surface area contributed by atoms with Gasteiger partial charge in [-0.3, -0.25) is 4.79 Å². The van der Waals surface area contributed by atoms with Crippen molar-refractivity contribution in [3.63, 3.8) is 0 Å². The highest BCUT2D eigenvalue weighted by atomic mass is 16.5. The molecule has 0 fully saturated rings. The number of carbonyl (C=O) groups is 1. The summed E-state index contributed by atoms with van der Waals surface area (Å²) in [6.45, 7) is 15.6. The maximum Gasteiger partial charge on any atom is 0.135 e. The van der Waals surface area contributed by atoms with E-state index in [1.807, 2.05) is 6.92 Å². The third kappa shape index (κ3) is 25.3. The molecule has 0 aliphatic carbocycles. The predicted octanol–water partition coefficient (Wildman–Crippen LogP) is 10.1. The third-order valence-corrected chi connectivity index (χ3v) is 8.72. The van der Waals surface area contributed by atoms with Crippen LogP contribution in [0.2, 0.25) is 0 Å². The number of unbranched alkanes of at least 4 members (excludes halogenated alkanes) is 12. The van der Waals surface area contributed by atoms with Crippen LogP contribution in [0, 0.1) is 11.8 Å². The summed E-state index contributed by atoms with van der Waals surface area (Å²) in [5.41, 5.74) is 0. The van der Waals surface area contributed by atoms with Crippen molar-refractivity contribution < 1.29 is 14.6 Å². The van der Waals surface area contributed by atoms with Crippen LogP contribution in [0.5, 0.6) is 0 Å². The number of Topliss-reactive ketones (excluding diaryl/α,β-unsaturated/α-hetero) is 1. The monoisotopic (exact) mass is 568 g/mol. The first-order valence-corrected chi connectivity index (χ1v) is 18.0. The summed E-state index contributed by atoms with van der Waals surface area (Å²) in [5.74, 6) is 1.36. The molecule has 0 saturated heterocycles. The Morgan fingerprint density at radius 2 is 1.23 bits per heavy atom. The Balaban J connectivity index is 4.15. The zero-order valence-corrected chi connectivity index (χ0v) is 28.0. The number of rotatable bonds is 32. The minimum atomic E-state index is -0.247. The lowest BCUT2D eigenvalue weighted by molar-refractivity contribution is -0.122. The van der Waals surface area contributed by atoms with Crippen molar-refractivity contribution in [3.8, 4) is 0 Å². The second-order valence-corrected chi connectivity index (χ2v) is 12.7. The molecule has 4 nitrogen and oxygen atoms in total. The maximum atomic E-state index is 12.1. The zero-order valence-electron chi connectivity index (χ0n) is 28.0. The van der Waals surface area contributed by atoms with Crippen LogP contribution in [0.25, 0.3) is 0 Å². The van der Waals surface area contributed by atoms with Gasteiger partial charge in [0.05, 0.1) is 6.10 Å². The number of aliphatic hydroxyl groups excluding tert-OH is 1. The first-order chi connectivity index (χ1) is 19.5. The van der Waals surface area contributed by atoms with E-state index in [0.717, 1.165) is 90.1 Å². The van der Waals surface area contributed by atoms with E-state index in [-0.39, 0.29) is 12.0 Å². The van der Waals surface area contributed by atoms with Crippen molar-refractivity contribution in [1.29, 1.82) is 0 Å². The van der Waals surface area contributed by atoms with Crippen LogP contribution in [0.15, 0.2) is 0 Å². The van der Waals surface area contributed by atoms with Crippen molar-refractivity contribution in [2.45, 2.75) is 182 Å². The molecule has 3 unspecified atom stereocenters. The van der Waals surface area contributed by atoms with E-state index in [2.05, 4.69) is 32.6 Å². The Morgan fingerprint density at radius 1 is 0.675 bits per heavy atom. The van der Waals surface area contributed by atoms with Crippen LogP contribution in [0.1, 0.15) is 176 Å². The van der Waals surface area contributed by atoms with Crippen LogP contribution in [0.3, 0.4) is 0 Å². The predicted molar refractivity (Wildman–Crippen MR) is 175 cm³/mol.